The van der Waals surface area contributed by atoms with Crippen molar-refractivity contribution < 1.29 is 33.8 Å². The molecule has 3 atom stereocenters. The second kappa shape index (κ2) is 13.3. The van der Waals surface area contributed by atoms with Crippen LogP contribution in [0.25, 0.3) is 0 Å². The highest BCUT2D eigenvalue weighted by molar-refractivity contribution is 9.10. The Kier molecular flexibility index (Phi) is 12.4. The number of aliphatic carboxylic acids is 1. The predicted molar refractivity (Wildman–Crippen MR) is 115 cm³/mol. The molecule has 0 aromatic heterocycles. The molecule has 0 heterocycles. The van der Waals surface area contributed by atoms with Crippen LogP contribution in [0.5, 0.6) is 0 Å². The zero-order valence-electron chi connectivity index (χ0n) is 17.3. The number of nitrogens with two attached hydrogens (primary N) is 1. The monoisotopic (exact) mass is 512 g/mol. The number of nitrogens with one attached hydrogen (secondary N) is 3. The van der Waals surface area contributed by atoms with Crippen molar-refractivity contribution in [2.75, 3.05) is 18.6 Å². The van der Waals surface area contributed by atoms with Crippen molar-refractivity contribution in [3.63, 3.8) is 0 Å². The Hall–Kier alpha value is -2.02. The predicted octanol–water partition coefficient (Wildman–Crippen LogP) is -0.0427. The quantitative estimate of drug-likeness (QED) is 0.226. The fraction of sp³-hybridized carbons (Fsp3) is 0.706. The Labute approximate surface area is 187 Å². The summed E-state index contributed by atoms with van der Waals surface area (Å²) in [4.78, 5) is 57.9. The Balaban J connectivity index is 5.02. The Morgan fingerprint density at radius 1 is 1.10 bits per heavy atom. The van der Waals surface area contributed by atoms with E-state index in [0.717, 1.165) is 0 Å². The summed E-state index contributed by atoms with van der Waals surface area (Å²) in [5.74, 6) is -2.95. The van der Waals surface area contributed by atoms with E-state index in [1.54, 1.807) is 20.8 Å². The molecule has 0 bridgehead atoms. The molecule has 172 valence electrons. The number of amides is 4. The van der Waals surface area contributed by atoms with Crippen molar-refractivity contribution in [1.29, 1.82) is 0 Å². The third kappa shape index (κ3) is 12.5. The normalized spacial score (nSPS) is 14.0. The van der Waals surface area contributed by atoms with E-state index < -0.39 is 58.8 Å². The van der Waals surface area contributed by atoms with E-state index in [-0.39, 0.29) is 12.8 Å². The molecule has 0 aliphatic rings. The molecule has 13 heteroatoms. The highest BCUT2D eigenvalue weighted by atomic mass is 79.9. The van der Waals surface area contributed by atoms with Gasteiger partial charge in [0.05, 0.1) is 0 Å². The van der Waals surface area contributed by atoms with E-state index in [9.17, 15) is 29.1 Å². The first kappa shape index (κ1) is 28.0. The van der Waals surface area contributed by atoms with Crippen molar-refractivity contribution in [2.45, 2.75) is 56.1 Å². The summed E-state index contributed by atoms with van der Waals surface area (Å²) >= 11 is 4.42. The number of carbonyl (C=O) groups excluding carboxylic acids is 4. The number of alkyl carbamates (subject to hydrolysis) is 1. The molecule has 0 unspecified atom stereocenters. The minimum Gasteiger partial charge on any atom is -0.480 e. The molecule has 0 rings (SSSR count). The summed E-state index contributed by atoms with van der Waals surface area (Å²) in [7, 11) is 0. The molecule has 0 fully saturated rings. The first-order valence-corrected chi connectivity index (χ1v) is 11.3. The molecule has 11 nitrogen and oxygen atoms in total. The average molecular weight is 513 g/mol. The molecule has 0 aliphatic carbocycles. The van der Waals surface area contributed by atoms with Gasteiger partial charge in [0.2, 0.25) is 17.7 Å². The first-order valence-electron chi connectivity index (χ1n) is 8.98. The topological polar surface area (TPSA) is 177 Å². The summed E-state index contributed by atoms with van der Waals surface area (Å²) in [5.41, 5.74) is 4.24. The molecule has 0 saturated heterocycles. The van der Waals surface area contributed by atoms with Gasteiger partial charge in [-0.1, -0.05) is 15.9 Å². The van der Waals surface area contributed by atoms with Gasteiger partial charge in [0.15, 0.2) is 0 Å². The van der Waals surface area contributed by atoms with Crippen LogP contribution in [-0.4, -0.2) is 76.0 Å². The van der Waals surface area contributed by atoms with Crippen molar-refractivity contribution in [3.8, 4) is 0 Å². The summed E-state index contributed by atoms with van der Waals surface area (Å²) in [6.45, 7) is 4.58. The summed E-state index contributed by atoms with van der Waals surface area (Å²) < 4.78 is 5.13. The number of rotatable bonds is 12. The number of hydrogen-bond donors (Lipinski definition) is 5. The number of carbonyl (C=O) groups is 5. The van der Waals surface area contributed by atoms with Gasteiger partial charge in [0.25, 0.3) is 0 Å². The molecule has 6 N–H and O–H groups in total. The van der Waals surface area contributed by atoms with E-state index in [1.807, 2.05) is 6.26 Å². The lowest BCUT2D eigenvalue weighted by Gasteiger charge is -2.24. The van der Waals surface area contributed by atoms with Gasteiger partial charge in [-0.05, 0) is 39.2 Å². The molecule has 0 aliphatic heterocycles. The Morgan fingerprint density at radius 3 is 2.17 bits per heavy atom. The third-order valence-corrected chi connectivity index (χ3v) is 4.76. The average Bonchev–Trinajstić information content (AvgIpc) is 2.58. The fourth-order valence-corrected chi connectivity index (χ4v) is 2.96. The molecule has 0 spiro atoms. The van der Waals surface area contributed by atoms with Gasteiger partial charge in [-0.3, -0.25) is 14.4 Å². The van der Waals surface area contributed by atoms with Gasteiger partial charge in [-0.2, -0.15) is 11.8 Å². The Morgan fingerprint density at radius 2 is 1.70 bits per heavy atom. The number of alkyl halides is 1. The van der Waals surface area contributed by atoms with Crippen LogP contribution in [0.15, 0.2) is 0 Å². The molecule has 4 amide bonds. The number of halogens is 1. The van der Waals surface area contributed by atoms with E-state index >= 15 is 0 Å². The van der Waals surface area contributed by atoms with Crippen LogP contribution in [0.3, 0.4) is 0 Å². The molecular weight excluding hydrogens is 484 g/mol. The largest absolute Gasteiger partial charge is 0.480 e. The maximum Gasteiger partial charge on any atom is 0.408 e. The number of hydrogen-bond acceptors (Lipinski definition) is 7. The number of ether oxygens (including phenoxy) is 1. The second-order valence-electron chi connectivity index (χ2n) is 7.26. The van der Waals surface area contributed by atoms with Gasteiger partial charge in [0.1, 0.15) is 22.5 Å². The summed E-state index contributed by atoms with van der Waals surface area (Å²) in [6.07, 6.45) is 0.984. The first-order chi connectivity index (χ1) is 13.8. The lowest BCUT2D eigenvalue weighted by molar-refractivity contribution is -0.142. The third-order valence-electron chi connectivity index (χ3n) is 3.38. The number of carboxylic acids is 1. The van der Waals surface area contributed by atoms with Gasteiger partial charge in [-0.25, -0.2) is 9.59 Å². The van der Waals surface area contributed by atoms with Crippen LogP contribution < -0.4 is 21.7 Å². The van der Waals surface area contributed by atoms with Crippen LogP contribution in [-0.2, 0) is 23.9 Å². The molecule has 30 heavy (non-hydrogen) atoms. The number of carboxylic acid groups (broad SMARTS) is 1. The van der Waals surface area contributed by atoms with Crippen LogP contribution in [0.2, 0.25) is 0 Å². The maximum atomic E-state index is 12.6. The SMILES string of the molecule is CSCC[C@H](NC(=O)OC(C)(C)C)C(=O)N[C@@H](CNC(=O)[C@@H](Br)CC(N)=O)C(=O)O. The molecule has 0 aromatic carbocycles. The van der Waals surface area contributed by atoms with E-state index in [2.05, 4.69) is 31.9 Å². The summed E-state index contributed by atoms with van der Waals surface area (Å²) in [5, 5.41) is 16.4. The van der Waals surface area contributed by atoms with E-state index in [1.165, 1.54) is 11.8 Å². The van der Waals surface area contributed by atoms with E-state index in [0.29, 0.717) is 5.75 Å². The van der Waals surface area contributed by atoms with Crippen molar-refractivity contribution in [1.82, 2.24) is 16.0 Å². The van der Waals surface area contributed by atoms with E-state index in [4.69, 9.17) is 10.5 Å². The van der Waals surface area contributed by atoms with Crippen LogP contribution in [0.4, 0.5) is 4.79 Å². The molecule has 0 saturated carbocycles. The van der Waals surface area contributed by atoms with Gasteiger partial charge in [-0.15, -0.1) is 0 Å². The van der Waals surface area contributed by atoms with Crippen LogP contribution >= 0.6 is 27.7 Å². The lowest BCUT2D eigenvalue weighted by atomic mass is 10.1. The van der Waals surface area contributed by atoms with Crippen LogP contribution in [0.1, 0.15) is 33.6 Å². The zero-order valence-corrected chi connectivity index (χ0v) is 19.7. The maximum absolute atomic E-state index is 12.6. The molecular formula is C17H29BrN4O7S. The van der Waals surface area contributed by atoms with Crippen molar-refractivity contribution in [3.05, 3.63) is 0 Å². The van der Waals surface area contributed by atoms with Gasteiger partial charge >= 0.3 is 12.1 Å². The van der Waals surface area contributed by atoms with Crippen LogP contribution in [0, 0.1) is 0 Å². The summed E-state index contributed by atoms with van der Waals surface area (Å²) in [6, 6.07) is -2.48. The minimum absolute atomic E-state index is 0.243. The number of thioether (sulfide) groups is 1. The fourth-order valence-electron chi connectivity index (χ4n) is 2.01. The Bertz CT molecular complexity index is 642. The van der Waals surface area contributed by atoms with Crippen molar-refractivity contribution >= 4 is 57.5 Å². The van der Waals surface area contributed by atoms with Gasteiger partial charge < -0.3 is 31.5 Å². The second-order valence-corrected chi connectivity index (χ2v) is 9.35. The highest BCUT2D eigenvalue weighted by Gasteiger charge is 2.29. The van der Waals surface area contributed by atoms with Gasteiger partial charge in [0, 0.05) is 13.0 Å². The standard InChI is InChI=1S/C17H29BrN4O7S/c1-17(2,3)29-16(28)22-10(5-6-30-4)14(25)21-11(15(26)27)8-20-13(24)9(18)7-12(19)23/h9-11H,5-8H2,1-4H3,(H2,19,23)(H,20,24)(H,21,25)(H,22,28)(H,26,27)/t9-,10-,11-/m0/s1. The minimum atomic E-state index is -1.45. The zero-order chi connectivity index (χ0) is 23.5. The smallest absolute Gasteiger partial charge is 0.408 e. The lowest BCUT2D eigenvalue weighted by Crippen LogP contribution is -2.55. The highest BCUT2D eigenvalue weighted by Crippen LogP contribution is 2.09. The molecule has 0 radical (unpaired) electrons. The molecule has 0 aromatic rings. The van der Waals surface area contributed by atoms with Crippen molar-refractivity contribution in [2.24, 2.45) is 5.73 Å². The number of primary amides is 1.